The number of ether oxygens (including phenoxy) is 2. The van der Waals surface area contributed by atoms with Crippen molar-refractivity contribution in [2.45, 2.75) is 52.7 Å². The fourth-order valence-electron chi connectivity index (χ4n) is 1.48. The van der Waals surface area contributed by atoms with Crippen LogP contribution in [0.5, 0.6) is 0 Å². The van der Waals surface area contributed by atoms with E-state index in [1.54, 1.807) is 26.8 Å². The van der Waals surface area contributed by atoms with Gasteiger partial charge in [0.15, 0.2) is 0 Å². The molecular formula is C14H24BrNO4. The van der Waals surface area contributed by atoms with E-state index >= 15 is 0 Å². The Hall–Kier alpha value is -1.04. The third kappa shape index (κ3) is 8.96. The Kier molecular flexibility index (Phi) is 7.86. The summed E-state index contributed by atoms with van der Waals surface area (Å²) in [6.45, 7) is 9.45. The summed E-state index contributed by atoms with van der Waals surface area (Å²) in [5.74, 6) is -0.131. The van der Waals surface area contributed by atoms with Crippen LogP contribution < -0.4 is 5.32 Å². The van der Waals surface area contributed by atoms with Gasteiger partial charge < -0.3 is 14.8 Å². The second-order valence-electron chi connectivity index (χ2n) is 5.89. The first-order valence-corrected chi connectivity index (χ1v) is 7.29. The van der Waals surface area contributed by atoms with Gasteiger partial charge >= 0.3 is 12.1 Å². The number of esters is 1. The molecule has 0 radical (unpaired) electrons. The highest BCUT2D eigenvalue weighted by Crippen LogP contribution is 2.14. The molecule has 0 bridgehead atoms. The summed E-state index contributed by atoms with van der Waals surface area (Å²) in [7, 11) is 1.30. The van der Waals surface area contributed by atoms with Gasteiger partial charge in [-0.2, -0.15) is 0 Å². The lowest BCUT2D eigenvalue weighted by molar-refractivity contribution is -0.135. The van der Waals surface area contributed by atoms with Crippen molar-refractivity contribution in [3.8, 4) is 0 Å². The van der Waals surface area contributed by atoms with E-state index in [4.69, 9.17) is 4.74 Å². The maximum absolute atomic E-state index is 11.8. The SMILES string of the molecule is COC(=O)/C(Br)=C\[C@H](CC(C)C)NC(=O)OC(C)(C)C. The lowest BCUT2D eigenvalue weighted by Crippen LogP contribution is -2.39. The van der Waals surface area contributed by atoms with Gasteiger partial charge in [0, 0.05) is 0 Å². The van der Waals surface area contributed by atoms with Gasteiger partial charge in [-0.15, -0.1) is 0 Å². The Balaban J connectivity index is 4.82. The van der Waals surface area contributed by atoms with Crippen LogP contribution in [-0.2, 0) is 14.3 Å². The van der Waals surface area contributed by atoms with Crippen LogP contribution in [0.25, 0.3) is 0 Å². The average Bonchev–Trinajstić information content (AvgIpc) is 2.23. The number of amides is 1. The first-order chi connectivity index (χ1) is 9.05. The fourth-order valence-corrected chi connectivity index (χ4v) is 1.96. The van der Waals surface area contributed by atoms with Crippen LogP contribution in [0.4, 0.5) is 4.79 Å². The van der Waals surface area contributed by atoms with Crippen molar-refractivity contribution >= 4 is 28.0 Å². The molecule has 1 atom stereocenters. The minimum atomic E-state index is -0.560. The van der Waals surface area contributed by atoms with Crippen LogP contribution in [0.1, 0.15) is 41.0 Å². The Morgan fingerprint density at radius 2 is 1.85 bits per heavy atom. The third-order valence-electron chi connectivity index (χ3n) is 2.16. The highest BCUT2D eigenvalue weighted by Gasteiger charge is 2.20. The molecule has 6 heteroatoms. The van der Waals surface area contributed by atoms with Crippen molar-refractivity contribution in [2.24, 2.45) is 5.92 Å². The van der Waals surface area contributed by atoms with Crippen LogP contribution >= 0.6 is 15.9 Å². The summed E-state index contributed by atoms with van der Waals surface area (Å²) >= 11 is 3.14. The normalized spacial score (nSPS) is 13.9. The van der Waals surface area contributed by atoms with Gasteiger partial charge in [-0.25, -0.2) is 9.59 Å². The zero-order valence-corrected chi connectivity index (χ0v) is 14.5. The minimum absolute atomic E-state index is 0.279. The molecule has 0 unspecified atom stereocenters. The highest BCUT2D eigenvalue weighted by atomic mass is 79.9. The number of halogens is 1. The average molecular weight is 350 g/mol. The van der Waals surface area contributed by atoms with E-state index < -0.39 is 17.7 Å². The molecule has 0 rings (SSSR count). The fraction of sp³-hybridized carbons (Fsp3) is 0.714. The van der Waals surface area contributed by atoms with Crippen molar-refractivity contribution in [2.75, 3.05) is 7.11 Å². The number of methoxy groups -OCH3 is 1. The number of hydrogen-bond acceptors (Lipinski definition) is 4. The van der Waals surface area contributed by atoms with Crippen LogP contribution in [-0.4, -0.2) is 30.8 Å². The molecule has 0 aromatic rings. The molecule has 20 heavy (non-hydrogen) atoms. The smallest absolute Gasteiger partial charge is 0.408 e. The number of carbonyl (C=O) groups is 2. The van der Waals surface area contributed by atoms with Gasteiger partial charge in [-0.05, 0) is 55.1 Å². The van der Waals surface area contributed by atoms with Gasteiger partial charge in [-0.1, -0.05) is 13.8 Å². The molecule has 0 aliphatic carbocycles. The van der Waals surface area contributed by atoms with Gasteiger partial charge in [-0.3, -0.25) is 0 Å². The Morgan fingerprint density at radius 3 is 2.25 bits per heavy atom. The first-order valence-electron chi connectivity index (χ1n) is 6.50. The molecule has 0 fully saturated rings. The van der Waals surface area contributed by atoms with E-state index in [1.165, 1.54) is 7.11 Å². The molecule has 0 saturated carbocycles. The van der Waals surface area contributed by atoms with Crippen LogP contribution in [0.2, 0.25) is 0 Å². The van der Waals surface area contributed by atoms with E-state index in [1.807, 2.05) is 13.8 Å². The highest BCUT2D eigenvalue weighted by molar-refractivity contribution is 9.12. The zero-order chi connectivity index (χ0) is 15.9. The van der Waals surface area contributed by atoms with E-state index in [0.717, 1.165) is 0 Å². The number of rotatable bonds is 5. The van der Waals surface area contributed by atoms with Crippen LogP contribution in [0.3, 0.4) is 0 Å². The van der Waals surface area contributed by atoms with E-state index in [0.29, 0.717) is 12.3 Å². The van der Waals surface area contributed by atoms with E-state index in [9.17, 15) is 9.59 Å². The molecular weight excluding hydrogens is 326 g/mol. The topological polar surface area (TPSA) is 64.6 Å². The molecule has 0 saturated heterocycles. The van der Waals surface area contributed by atoms with Gasteiger partial charge in [0.1, 0.15) is 10.1 Å². The summed E-state index contributed by atoms with van der Waals surface area (Å²) in [6, 6.07) is -0.307. The molecule has 0 aliphatic heterocycles. The second-order valence-corrected chi connectivity index (χ2v) is 6.74. The zero-order valence-electron chi connectivity index (χ0n) is 13.0. The van der Waals surface area contributed by atoms with Gasteiger partial charge in [0.05, 0.1) is 13.2 Å². The maximum Gasteiger partial charge on any atom is 0.408 e. The predicted octanol–water partition coefficient (Wildman–Crippen LogP) is 3.38. The largest absolute Gasteiger partial charge is 0.465 e. The summed E-state index contributed by atoms with van der Waals surface area (Å²) in [5.41, 5.74) is -0.560. The Bertz CT molecular complexity index is 372. The third-order valence-corrected chi connectivity index (χ3v) is 2.74. The maximum atomic E-state index is 11.8. The Labute approximate surface area is 129 Å². The number of carbonyl (C=O) groups excluding carboxylic acids is 2. The lowest BCUT2D eigenvalue weighted by atomic mass is 10.0. The standard InChI is InChI=1S/C14H24BrNO4/c1-9(2)7-10(8-11(15)12(17)19-6)16-13(18)20-14(3,4)5/h8-10H,7H2,1-6H3,(H,16,18)/b11-8+/t10-/m0/s1. The van der Waals surface area contributed by atoms with Crippen molar-refractivity contribution in [3.05, 3.63) is 10.6 Å². The quantitative estimate of drug-likeness (QED) is 0.610. The van der Waals surface area contributed by atoms with E-state index in [2.05, 4.69) is 26.0 Å². The van der Waals surface area contributed by atoms with Crippen molar-refractivity contribution in [1.82, 2.24) is 5.32 Å². The number of nitrogens with one attached hydrogen (secondary N) is 1. The summed E-state index contributed by atoms with van der Waals surface area (Å²) < 4.78 is 10.1. The second kappa shape index (κ2) is 8.29. The molecule has 5 nitrogen and oxygen atoms in total. The molecule has 116 valence electrons. The molecule has 0 aromatic carbocycles. The Morgan fingerprint density at radius 1 is 1.30 bits per heavy atom. The molecule has 0 aromatic heterocycles. The molecule has 1 amide bonds. The molecule has 0 aliphatic rings. The minimum Gasteiger partial charge on any atom is -0.465 e. The first kappa shape index (κ1) is 19.0. The van der Waals surface area contributed by atoms with E-state index in [-0.39, 0.29) is 10.5 Å². The van der Waals surface area contributed by atoms with Crippen LogP contribution in [0, 0.1) is 5.92 Å². The van der Waals surface area contributed by atoms with Crippen molar-refractivity contribution in [1.29, 1.82) is 0 Å². The summed E-state index contributed by atoms with van der Waals surface area (Å²) in [5, 5.41) is 2.74. The van der Waals surface area contributed by atoms with Gasteiger partial charge in [0.2, 0.25) is 0 Å². The molecule has 0 spiro atoms. The van der Waals surface area contributed by atoms with Crippen molar-refractivity contribution < 1.29 is 19.1 Å². The predicted molar refractivity (Wildman–Crippen MR) is 81.6 cm³/mol. The van der Waals surface area contributed by atoms with Gasteiger partial charge in [0.25, 0.3) is 0 Å². The monoisotopic (exact) mass is 349 g/mol. The molecule has 0 heterocycles. The summed E-state index contributed by atoms with van der Waals surface area (Å²) in [4.78, 5) is 23.1. The number of hydrogen-bond donors (Lipinski definition) is 1. The molecule has 1 N–H and O–H groups in total. The summed E-state index contributed by atoms with van der Waals surface area (Å²) in [6.07, 6.45) is 1.80. The lowest BCUT2D eigenvalue weighted by Gasteiger charge is -2.23. The van der Waals surface area contributed by atoms with Crippen molar-refractivity contribution in [3.63, 3.8) is 0 Å². The van der Waals surface area contributed by atoms with Crippen LogP contribution in [0.15, 0.2) is 10.6 Å². The number of alkyl carbamates (subject to hydrolysis) is 1.